The fourth-order valence-electron chi connectivity index (χ4n) is 1.63. The predicted octanol–water partition coefficient (Wildman–Crippen LogP) is 2.09. The quantitative estimate of drug-likeness (QED) is 0.487. The van der Waals surface area contributed by atoms with Gasteiger partial charge in [-0.25, -0.2) is 4.39 Å². The lowest BCUT2D eigenvalue weighted by atomic mass is 9.91. The Labute approximate surface area is 59.7 Å². The van der Waals surface area contributed by atoms with Crippen LogP contribution in [0.3, 0.4) is 0 Å². The van der Waals surface area contributed by atoms with E-state index in [1.165, 1.54) is 0 Å². The Morgan fingerprint density at radius 1 is 1.50 bits per heavy atom. The summed E-state index contributed by atoms with van der Waals surface area (Å²) in [6.07, 6.45) is 4.35. The van der Waals surface area contributed by atoms with Crippen molar-refractivity contribution in [3.8, 4) is 0 Å². The molecule has 54 valence electrons. The molecule has 0 radical (unpaired) electrons. The summed E-state index contributed by atoms with van der Waals surface area (Å²) in [6.45, 7) is 0.907. The van der Waals surface area contributed by atoms with E-state index in [-0.39, 0.29) is 5.83 Å². The Balaban J connectivity index is 2.25. The van der Waals surface area contributed by atoms with Crippen LogP contribution in [0.15, 0.2) is 16.9 Å². The van der Waals surface area contributed by atoms with Crippen molar-refractivity contribution in [2.45, 2.75) is 19.3 Å². The van der Waals surface area contributed by atoms with Gasteiger partial charge in [0.2, 0.25) is 0 Å². The van der Waals surface area contributed by atoms with E-state index in [4.69, 9.17) is 0 Å². The summed E-state index contributed by atoms with van der Waals surface area (Å²) in [5.74, 6) is 0.594. The second-order valence-electron chi connectivity index (χ2n) is 2.92. The van der Waals surface area contributed by atoms with Crippen molar-refractivity contribution in [3.63, 3.8) is 0 Å². The van der Waals surface area contributed by atoms with Gasteiger partial charge in [0, 0.05) is 18.2 Å². The predicted molar refractivity (Wildman–Crippen MR) is 38.8 cm³/mol. The number of hydrogen-bond donors (Lipinski definition) is 0. The number of hydrogen-bond acceptors (Lipinski definition) is 1. The Bertz CT molecular complexity index is 205. The fraction of sp³-hybridized carbons (Fsp3) is 0.625. The van der Waals surface area contributed by atoms with Gasteiger partial charge in [-0.1, -0.05) is 0 Å². The van der Waals surface area contributed by atoms with Gasteiger partial charge in [0.05, 0.1) is 0 Å². The molecular weight excluding hydrogens is 129 g/mol. The second kappa shape index (κ2) is 2.19. The first-order chi connectivity index (χ1) is 4.86. The van der Waals surface area contributed by atoms with Crippen molar-refractivity contribution in [2.24, 2.45) is 10.9 Å². The summed E-state index contributed by atoms with van der Waals surface area (Å²) in [6, 6.07) is 0. The van der Waals surface area contributed by atoms with Crippen LogP contribution in [0, 0.1) is 5.92 Å². The molecule has 2 rings (SSSR count). The van der Waals surface area contributed by atoms with Gasteiger partial charge < -0.3 is 0 Å². The fourth-order valence-corrected chi connectivity index (χ4v) is 1.63. The number of fused-ring (bicyclic) bond motifs is 1. The smallest absolute Gasteiger partial charge is 0.102 e. The third-order valence-electron chi connectivity index (χ3n) is 2.23. The highest BCUT2D eigenvalue weighted by Crippen LogP contribution is 2.28. The molecule has 2 aliphatic rings. The number of nitrogens with zero attached hydrogens (tertiary/aromatic N) is 1. The van der Waals surface area contributed by atoms with E-state index in [2.05, 4.69) is 4.99 Å². The molecule has 1 aliphatic heterocycles. The lowest BCUT2D eigenvalue weighted by Crippen LogP contribution is -2.11. The number of rotatable bonds is 0. The highest BCUT2D eigenvalue weighted by Gasteiger charge is 2.23. The lowest BCUT2D eigenvalue weighted by molar-refractivity contribution is 0.517. The molecule has 0 saturated heterocycles. The lowest BCUT2D eigenvalue weighted by Gasteiger charge is -2.14. The average molecular weight is 139 g/mol. The second-order valence-corrected chi connectivity index (χ2v) is 2.92. The summed E-state index contributed by atoms with van der Waals surface area (Å²) in [5, 5.41) is 0. The molecule has 1 atom stereocenters. The molecule has 0 aromatic carbocycles. The molecule has 1 aliphatic carbocycles. The Kier molecular flexibility index (Phi) is 1.33. The molecule has 0 fully saturated rings. The maximum atomic E-state index is 12.6. The molecule has 1 heterocycles. The van der Waals surface area contributed by atoms with Crippen LogP contribution in [-0.2, 0) is 0 Å². The summed E-state index contributed by atoms with van der Waals surface area (Å²) in [5.41, 5.74) is 1.00. The van der Waals surface area contributed by atoms with Crippen molar-refractivity contribution in [1.82, 2.24) is 0 Å². The van der Waals surface area contributed by atoms with Crippen molar-refractivity contribution < 1.29 is 4.39 Å². The molecule has 0 spiro atoms. The molecule has 0 saturated carbocycles. The van der Waals surface area contributed by atoms with Gasteiger partial charge in [-0.2, -0.15) is 0 Å². The summed E-state index contributed by atoms with van der Waals surface area (Å²) >= 11 is 0. The van der Waals surface area contributed by atoms with E-state index in [0.29, 0.717) is 12.3 Å². The third-order valence-corrected chi connectivity index (χ3v) is 2.23. The van der Waals surface area contributed by atoms with Crippen LogP contribution in [-0.4, -0.2) is 12.3 Å². The van der Waals surface area contributed by atoms with Crippen LogP contribution < -0.4 is 0 Å². The van der Waals surface area contributed by atoms with Gasteiger partial charge in [-0.05, 0) is 25.3 Å². The number of aliphatic imine (C=N–C) groups is 1. The first-order valence-corrected chi connectivity index (χ1v) is 3.76. The SMILES string of the molecule is FC1=CC2=NCCC2CC1. The van der Waals surface area contributed by atoms with Crippen LogP contribution >= 0.6 is 0 Å². The van der Waals surface area contributed by atoms with Crippen molar-refractivity contribution in [3.05, 3.63) is 11.9 Å². The highest BCUT2D eigenvalue weighted by molar-refractivity contribution is 5.99. The molecule has 0 aromatic heterocycles. The topological polar surface area (TPSA) is 12.4 Å². The molecule has 1 nitrogen and oxygen atoms in total. The van der Waals surface area contributed by atoms with Crippen molar-refractivity contribution in [2.75, 3.05) is 6.54 Å². The maximum Gasteiger partial charge on any atom is 0.102 e. The summed E-state index contributed by atoms with van der Waals surface area (Å²) in [7, 11) is 0. The van der Waals surface area contributed by atoms with Gasteiger partial charge in [-0.15, -0.1) is 0 Å². The van der Waals surface area contributed by atoms with Gasteiger partial charge >= 0.3 is 0 Å². The average Bonchev–Trinajstić information content (AvgIpc) is 2.33. The van der Waals surface area contributed by atoms with Crippen LogP contribution in [0.25, 0.3) is 0 Å². The minimum Gasteiger partial charge on any atom is -0.289 e. The van der Waals surface area contributed by atoms with Gasteiger partial charge in [-0.3, -0.25) is 4.99 Å². The molecule has 0 aromatic rings. The summed E-state index contributed by atoms with van der Waals surface area (Å²) < 4.78 is 12.6. The number of halogens is 1. The zero-order chi connectivity index (χ0) is 6.97. The molecule has 0 N–H and O–H groups in total. The Morgan fingerprint density at radius 2 is 2.40 bits per heavy atom. The molecule has 2 heteroatoms. The van der Waals surface area contributed by atoms with Gasteiger partial charge in [0.15, 0.2) is 0 Å². The van der Waals surface area contributed by atoms with Crippen LogP contribution in [0.1, 0.15) is 19.3 Å². The maximum absolute atomic E-state index is 12.6. The van der Waals surface area contributed by atoms with Gasteiger partial charge in [0.1, 0.15) is 5.83 Å². The normalized spacial score (nSPS) is 31.1. The monoisotopic (exact) mass is 139 g/mol. The third kappa shape index (κ3) is 0.877. The molecule has 0 bridgehead atoms. The molecule has 10 heavy (non-hydrogen) atoms. The van der Waals surface area contributed by atoms with E-state index in [1.54, 1.807) is 6.08 Å². The Morgan fingerprint density at radius 3 is 3.30 bits per heavy atom. The molecule has 0 amide bonds. The standard InChI is InChI=1S/C8H10FN/c9-7-2-1-6-3-4-10-8(6)5-7/h5-6H,1-4H2. The van der Waals surface area contributed by atoms with E-state index < -0.39 is 0 Å². The molecule has 1 unspecified atom stereocenters. The van der Waals surface area contributed by atoms with Crippen LogP contribution in [0.2, 0.25) is 0 Å². The van der Waals surface area contributed by atoms with Crippen LogP contribution in [0.5, 0.6) is 0 Å². The van der Waals surface area contributed by atoms with Crippen LogP contribution in [0.4, 0.5) is 4.39 Å². The summed E-state index contributed by atoms with van der Waals surface area (Å²) in [4.78, 5) is 4.21. The minimum atomic E-state index is 0.0110. The number of allylic oxidation sites excluding steroid dienone is 2. The Hall–Kier alpha value is -0.660. The largest absolute Gasteiger partial charge is 0.289 e. The van der Waals surface area contributed by atoms with E-state index in [9.17, 15) is 4.39 Å². The highest BCUT2D eigenvalue weighted by atomic mass is 19.1. The van der Waals surface area contributed by atoms with Gasteiger partial charge in [0.25, 0.3) is 0 Å². The zero-order valence-electron chi connectivity index (χ0n) is 5.81. The molecular formula is C8H10FN. The van der Waals surface area contributed by atoms with E-state index >= 15 is 0 Å². The van der Waals surface area contributed by atoms with Crippen molar-refractivity contribution >= 4 is 5.71 Å². The first kappa shape index (κ1) is 6.08. The first-order valence-electron chi connectivity index (χ1n) is 3.76. The van der Waals surface area contributed by atoms with E-state index in [1.807, 2.05) is 0 Å². The van der Waals surface area contributed by atoms with E-state index in [0.717, 1.165) is 25.1 Å². The van der Waals surface area contributed by atoms with Crippen molar-refractivity contribution in [1.29, 1.82) is 0 Å². The minimum absolute atomic E-state index is 0.0110. The zero-order valence-corrected chi connectivity index (χ0v) is 5.81.